The third kappa shape index (κ3) is 12.8. The summed E-state index contributed by atoms with van der Waals surface area (Å²) >= 11 is 6.43. The number of sulfone groups is 1. The molecule has 15 nitrogen and oxygen atoms in total. The number of nitrogens with zero attached hydrogens (tertiary/aromatic N) is 9. The lowest BCUT2D eigenvalue weighted by Crippen LogP contribution is -2.48. The lowest BCUT2D eigenvalue weighted by molar-refractivity contribution is -0.131. The number of piperazine rings is 2. The van der Waals surface area contributed by atoms with Crippen LogP contribution in [0.1, 0.15) is 65.2 Å². The fourth-order valence-corrected chi connectivity index (χ4v) is 10.5. The number of aromatic nitrogens is 4. The summed E-state index contributed by atoms with van der Waals surface area (Å²) < 4.78 is 39.8. The van der Waals surface area contributed by atoms with E-state index in [1.54, 1.807) is 56.6 Å². The maximum Gasteiger partial charge on any atom is 0.229 e. The van der Waals surface area contributed by atoms with Gasteiger partial charge in [-0.15, -0.1) is 0 Å². The van der Waals surface area contributed by atoms with Gasteiger partial charge in [-0.25, -0.2) is 27.8 Å². The van der Waals surface area contributed by atoms with Crippen LogP contribution in [0.25, 0.3) is 0 Å². The smallest absolute Gasteiger partial charge is 0.229 e. The summed E-state index contributed by atoms with van der Waals surface area (Å²) in [6, 6.07) is 23.8. The highest BCUT2D eigenvalue weighted by Crippen LogP contribution is 2.31. The van der Waals surface area contributed by atoms with Crippen LogP contribution in [0.5, 0.6) is 0 Å². The number of rotatable bonds is 19. The number of hydrogen-bond acceptors (Lipinski definition) is 14. The number of anilines is 8. The number of carbonyl (C=O) groups excluding carboxylic acids is 1. The van der Waals surface area contributed by atoms with E-state index in [1.807, 2.05) is 35.2 Å². The van der Waals surface area contributed by atoms with Gasteiger partial charge < -0.3 is 35.6 Å². The first-order chi connectivity index (χ1) is 33.0. The molecule has 1 amide bonds. The number of benzene rings is 3. The Bertz CT molecular complexity index is 2560. The van der Waals surface area contributed by atoms with Crippen molar-refractivity contribution in [1.82, 2.24) is 29.7 Å². The molecule has 3 aliphatic heterocycles. The number of nitrogens with one attached hydrogen (secondary N) is 3. The SMILES string of the molecule is CC(C)S(=O)(=O)c1ccccc1Nc1nc(Nc2ccc(N3CCN(C(=O)CCCCCCCN4CCN(c5cc(N[C@@H]6CCCN(c7cccc(F)c7)C6)ncn5)CC4)CC3)cc2)ncc1Cl. The number of piperidine rings is 1. The van der Waals surface area contributed by atoms with E-state index >= 15 is 0 Å². The minimum atomic E-state index is -3.54. The number of unbranched alkanes of at least 4 members (excludes halogenated alkanes) is 4. The zero-order chi connectivity index (χ0) is 47.5. The topological polar surface area (TPSA) is 155 Å². The van der Waals surface area contributed by atoms with E-state index in [0.29, 0.717) is 31.1 Å². The molecule has 3 aromatic carbocycles. The maximum atomic E-state index is 13.9. The van der Waals surface area contributed by atoms with E-state index in [2.05, 4.69) is 61.6 Å². The Hall–Kier alpha value is -5.78. The van der Waals surface area contributed by atoms with Gasteiger partial charge in [-0.05, 0) is 101 Å². The van der Waals surface area contributed by atoms with E-state index in [9.17, 15) is 17.6 Å². The van der Waals surface area contributed by atoms with Gasteiger partial charge in [0, 0.05) is 101 Å². The van der Waals surface area contributed by atoms with Crippen LogP contribution < -0.4 is 30.7 Å². The minimum absolute atomic E-state index is 0.179. The second-order valence-corrected chi connectivity index (χ2v) is 21.0. The molecule has 8 rings (SSSR count). The van der Waals surface area contributed by atoms with E-state index in [-0.39, 0.29) is 33.5 Å². The summed E-state index contributed by atoms with van der Waals surface area (Å²) in [4.78, 5) is 42.7. The zero-order valence-electron chi connectivity index (χ0n) is 39.2. The van der Waals surface area contributed by atoms with Crippen molar-refractivity contribution < 1.29 is 17.6 Å². The van der Waals surface area contributed by atoms with Crippen molar-refractivity contribution in [3.8, 4) is 0 Å². The lowest BCUT2D eigenvalue weighted by atomic mass is 10.0. The number of amides is 1. The van der Waals surface area contributed by atoms with Crippen LogP contribution in [0.3, 0.4) is 0 Å². The predicted octanol–water partition coefficient (Wildman–Crippen LogP) is 8.62. The van der Waals surface area contributed by atoms with Gasteiger partial charge in [0.1, 0.15) is 28.8 Å². The van der Waals surface area contributed by atoms with Crippen LogP contribution in [0.15, 0.2) is 96.3 Å². The summed E-state index contributed by atoms with van der Waals surface area (Å²) in [7, 11) is -3.54. The molecule has 1 atom stereocenters. The van der Waals surface area contributed by atoms with Gasteiger partial charge in [0.05, 0.1) is 22.0 Å². The van der Waals surface area contributed by atoms with Crippen LogP contribution >= 0.6 is 11.6 Å². The van der Waals surface area contributed by atoms with E-state index in [4.69, 9.17) is 11.6 Å². The molecule has 0 bridgehead atoms. The van der Waals surface area contributed by atoms with Crippen molar-refractivity contribution in [1.29, 1.82) is 0 Å². The standard InChI is InChI=1S/C50H64ClFN12O3S/c1-37(2)68(66,67)45-16-8-7-15-44(45)58-49-43(51)34-53-50(59-49)57-39-18-20-41(21-19-39)61-28-30-63(31-29-61)48(65)17-6-4-3-5-9-22-60-24-26-62(27-25-60)47-33-46(54-36-55-47)56-40-13-11-23-64(35-40)42-14-10-12-38(52)32-42/h7-8,10,12,14-16,18-21,32-34,36-37,40H,3-6,9,11,13,17,22-31,35H2,1-2H3,(H,54,55,56)(H2,53,57,58,59)/t40-/m1/s1. The van der Waals surface area contributed by atoms with E-state index < -0.39 is 15.1 Å². The van der Waals surface area contributed by atoms with Gasteiger partial charge in [-0.1, -0.05) is 49.1 Å². The Kier molecular flexibility index (Phi) is 16.5. The average Bonchev–Trinajstić information content (AvgIpc) is 3.35. The highest BCUT2D eigenvalue weighted by atomic mass is 35.5. The third-order valence-electron chi connectivity index (χ3n) is 13.1. The normalized spacial score (nSPS) is 17.1. The highest BCUT2D eigenvalue weighted by molar-refractivity contribution is 7.92. The molecule has 2 aromatic heterocycles. The monoisotopic (exact) mass is 966 g/mol. The first-order valence-electron chi connectivity index (χ1n) is 24.1. The number of carbonyl (C=O) groups is 1. The Morgan fingerprint density at radius 2 is 1.53 bits per heavy atom. The summed E-state index contributed by atoms with van der Waals surface area (Å²) in [5.41, 5.74) is 3.17. The number of halogens is 2. The molecule has 5 heterocycles. The van der Waals surface area contributed by atoms with Crippen LogP contribution in [0.2, 0.25) is 5.02 Å². The zero-order valence-corrected chi connectivity index (χ0v) is 40.7. The van der Waals surface area contributed by atoms with Gasteiger partial charge in [-0.3, -0.25) is 9.69 Å². The molecule has 3 saturated heterocycles. The molecule has 0 saturated carbocycles. The molecule has 362 valence electrons. The largest absolute Gasteiger partial charge is 0.369 e. The van der Waals surface area contributed by atoms with Crippen molar-refractivity contribution in [3.05, 3.63) is 102 Å². The van der Waals surface area contributed by atoms with Crippen LogP contribution in [0, 0.1) is 5.82 Å². The van der Waals surface area contributed by atoms with Gasteiger partial charge in [0.2, 0.25) is 11.9 Å². The first kappa shape index (κ1) is 48.7. The molecule has 3 N–H and O–H groups in total. The highest BCUT2D eigenvalue weighted by Gasteiger charge is 2.25. The Labute approximate surface area is 405 Å². The molecule has 3 aliphatic rings. The molecule has 0 unspecified atom stereocenters. The third-order valence-corrected chi connectivity index (χ3v) is 15.6. The predicted molar refractivity (Wildman–Crippen MR) is 271 cm³/mol. The molecule has 0 radical (unpaired) electrons. The van der Waals surface area contributed by atoms with Crippen LogP contribution in [-0.4, -0.2) is 127 Å². The van der Waals surface area contributed by atoms with Crippen molar-refractivity contribution in [2.45, 2.75) is 81.4 Å². The van der Waals surface area contributed by atoms with Crippen molar-refractivity contribution in [3.63, 3.8) is 0 Å². The molecule has 3 fully saturated rings. The first-order valence-corrected chi connectivity index (χ1v) is 26.0. The quantitative estimate of drug-likeness (QED) is 0.0677. The number of hydrogen-bond donors (Lipinski definition) is 3. The van der Waals surface area contributed by atoms with Crippen LogP contribution in [0.4, 0.5) is 50.5 Å². The molecule has 68 heavy (non-hydrogen) atoms. The fraction of sp³-hybridized carbons (Fsp3) is 0.460. The molecule has 0 aliphatic carbocycles. The number of para-hydroxylation sites is 1. The summed E-state index contributed by atoms with van der Waals surface area (Å²) in [5.74, 6) is 2.43. The molecular formula is C50H64ClFN12O3S. The van der Waals surface area contributed by atoms with Crippen molar-refractivity contribution in [2.75, 3.05) is 103 Å². The van der Waals surface area contributed by atoms with Crippen molar-refractivity contribution >= 4 is 73.5 Å². The molecular weight excluding hydrogens is 903 g/mol. The maximum absolute atomic E-state index is 13.9. The van der Waals surface area contributed by atoms with Gasteiger partial charge in [-0.2, -0.15) is 4.98 Å². The van der Waals surface area contributed by atoms with Crippen molar-refractivity contribution in [2.24, 2.45) is 0 Å². The Morgan fingerprint density at radius 1 is 0.779 bits per heavy atom. The Morgan fingerprint density at radius 3 is 2.31 bits per heavy atom. The molecule has 0 spiro atoms. The van der Waals surface area contributed by atoms with Gasteiger partial charge in [0.25, 0.3) is 0 Å². The average molecular weight is 968 g/mol. The summed E-state index contributed by atoms with van der Waals surface area (Å²) in [6.07, 6.45) is 11.3. The summed E-state index contributed by atoms with van der Waals surface area (Å²) in [5, 5.41) is 9.59. The van der Waals surface area contributed by atoms with Gasteiger partial charge >= 0.3 is 0 Å². The molecule has 5 aromatic rings. The lowest BCUT2D eigenvalue weighted by Gasteiger charge is -2.36. The van der Waals surface area contributed by atoms with E-state index in [1.165, 1.54) is 25.1 Å². The molecule has 18 heteroatoms. The van der Waals surface area contributed by atoms with E-state index in [0.717, 1.165) is 120 Å². The second-order valence-electron chi connectivity index (χ2n) is 18.2. The Balaban J connectivity index is 0.687. The fourth-order valence-electron chi connectivity index (χ4n) is 9.12. The van der Waals surface area contributed by atoms with Crippen LogP contribution in [-0.2, 0) is 14.6 Å². The van der Waals surface area contributed by atoms with Gasteiger partial charge in [0.15, 0.2) is 15.7 Å². The minimum Gasteiger partial charge on any atom is -0.369 e. The summed E-state index contributed by atoms with van der Waals surface area (Å²) in [6.45, 7) is 13.0. The second kappa shape index (κ2) is 23.0.